The highest BCUT2D eigenvalue weighted by Crippen LogP contribution is 2.24. The van der Waals surface area contributed by atoms with Gasteiger partial charge in [0.25, 0.3) is 0 Å². The number of halogens is 2. The first-order chi connectivity index (χ1) is 7.33. The van der Waals surface area contributed by atoms with Gasteiger partial charge in [-0.3, -0.25) is 0 Å². The molecule has 0 fully saturated rings. The molecule has 1 aromatic carbocycles. The zero-order valence-corrected chi connectivity index (χ0v) is 8.58. The Morgan fingerprint density at radius 1 is 1.13 bits per heavy atom. The molecule has 0 N–H and O–H groups in total. The van der Waals surface area contributed by atoms with Gasteiger partial charge in [-0.1, -0.05) is 30.3 Å². The van der Waals surface area contributed by atoms with Crippen molar-refractivity contribution in [3.63, 3.8) is 0 Å². The smallest absolute Gasteiger partial charge is 0.224 e. The summed E-state index contributed by atoms with van der Waals surface area (Å²) in [5.74, 6) is -0.365. The summed E-state index contributed by atoms with van der Waals surface area (Å²) in [6.45, 7) is 0. The van der Waals surface area contributed by atoms with Crippen molar-refractivity contribution in [1.82, 2.24) is 9.97 Å². The Balaban J connectivity index is 2.61. The average Bonchev–Trinajstić information content (AvgIpc) is 2.29. The van der Waals surface area contributed by atoms with Crippen LogP contribution in [0.25, 0.3) is 11.1 Å². The van der Waals surface area contributed by atoms with Gasteiger partial charge in [-0.15, -0.1) is 11.6 Å². The molecule has 0 aliphatic heterocycles. The molecule has 0 saturated carbocycles. The lowest BCUT2D eigenvalue weighted by molar-refractivity contribution is 0.581. The number of hydrogen-bond acceptors (Lipinski definition) is 2. The minimum atomic E-state index is -0.535. The lowest BCUT2D eigenvalue weighted by atomic mass is 10.1. The number of rotatable bonds is 2. The first-order valence-electron chi connectivity index (χ1n) is 4.43. The lowest BCUT2D eigenvalue weighted by Crippen LogP contribution is -1.97. The number of hydrogen-bond donors (Lipinski definition) is 0. The maximum atomic E-state index is 13.5. The van der Waals surface area contributed by atoms with Crippen LogP contribution in [0.2, 0.25) is 0 Å². The van der Waals surface area contributed by atoms with Crippen molar-refractivity contribution in [3.8, 4) is 11.1 Å². The summed E-state index contributed by atoms with van der Waals surface area (Å²) in [5, 5.41) is 0. The fraction of sp³-hybridized carbons (Fsp3) is 0.0909. The molecular formula is C11H8ClFN2. The third kappa shape index (κ3) is 1.97. The Hall–Kier alpha value is -1.48. The van der Waals surface area contributed by atoms with Crippen molar-refractivity contribution in [2.75, 3.05) is 0 Å². The van der Waals surface area contributed by atoms with E-state index in [1.807, 2.05) is 18.2 Å². The van der Waals surface area contributed by atoms with Crippen molar-refractivity contribution < 1.29 is 4.39 Å². The van der Waals surface area contributed by atoms with Crippen LogP contribution in [0.3, 0.4) is 0 Å². The fourth-order valence-corrected chi connectivity index (χ4v) is 1.59. The van der Waals surface area contributed by atoms with Gasteiger partial charge < -0.3 is 0 Å². The molecule has 2 rings (SSSR count). The second-order valence-electron chi connectivity index (χ2n) is 2.99. The predicted octanol–water partition coefficient (Wildman–Crippen LogP) is 3.02. The molecule has 2 aromatic rings. The fourth-order valence-electron chi connectivity index (χ4n) is 1.39. The van der Waals surface area contributed by atoms with Crippen molar-refractivity contribution in [2.45, 2.75) is 5.88 Å². The van der Waals surface area contributed by atoms with E-state index in [-0.39, 0.29) is 5.88 Å². The molecule has 1 heterocycles. The summed E-state index contributed by atoms with van der Waals surface area (Å²) >= 11 is 5.70. The van der Waals surface area contributed by atoms with Crippen LogP contribution in [0.5, 0.6) is 0 Å². The highest BCUT2D eigenvalue weighted by Gasteiger charge is 2.11. The quantitative estimate of drug-likeness (QED) is 0.577. The van der Waals surface area contributed by atoms with Gasteiger partial charge in [0.2, 0.25) is 5.95 Å². The summed E-state index contributed by atoms with van der Waals surface area (Å²) in [6, 6.07) is 9.14. The van der Waals surface area contributed by atoms with E-state index in [1.54, 1.807) is 12.1 Å². The molecule has 15 heavy (non-hydrogen) atoms. The van der Waals surface area contributed by atoms with Gasteiger partial charge in [-0.25, -0.2) is 9.97 Å². The molecule has 0 atom stereocenters. The van der Waals surface area contributed by atoms with Gasteiger partial charge in [0.15, 0.2) is 0 Å². The van der Waals surface area contributed by atoms with Crippen LogP contribution >= 0.6 is 11.6 Å². The monoisotopic (exact) mass is 222 g/mol. The molecule has 76 valence electrons. The standard InChI is InChI=1S/C11H8ClFN2/c12-6-9-10(11(13)15-7-14-9)8-4-2-1-3-5-8/h1-5,7H,6H2. The van der Waals surface area contributed by atoms with E-state index in [0.29, 0.717) is 11.3 Å². The molecule has 0 unspecified atom stereocenters. The Labute approximate surface area is 91.8 Å². The van der Waals surface area contributed by atoms with Crippen molar-refractivity contribution in [1.29, 1.82) is 0 Å². The summed E-state index contributed by atoms with van der Waals surface area (Å²) in [6.07, 6.45) is 1.18. The molecule has 2 nitrogen and oxygen atoms in total. The molecule has 0 radical (unpaired) electrons. The van der Waals surface area contributed by atoms with E-state index in [1.165, 1.54) is 6.33 Å². The zero-order chi connectivity index (χ0) is 10.7. The van der Waals surface area contributed by atoms with Gasteiger partial charge in [-0.05, 0) is 5.56 Å². The molecule has 0 amide bonds. The third-order valence-electron chi connectivity index (χ3n) is 2.07. The van der Waals surface area contributed by atoms with Gasteiger partial charge >= 0.3 is 0 Å². The van der Waals surface area contributed by atoms with E-state index in [4.69, 9.17) is 11.6 Å². The first kappa shape index (κ1) is 10.1. The maximum Gasteiger partial charge on any atom is 0.224 e. The number of benzene rings is 1. The van der Waals surface area contributed by atoms with Crippen LogP contribution in [0.15, 0.2) is 36.7 Å². The number of alkyl halides is 1. The molecule has 0 saturated heterocycles. The normalized spacial score (nSPS) is 10.3. The summed E-state index contributed by atoms with van der Waals surface area (Å²) < 4.78 is 13.5. The van der Waals surface area contributed by atoms with E-state index in [0.717, 1.165) is 5.56 Å². The second kappa shape index (κ2) is 4.36. The average molecular weight is 223 g/mol. The van der Waals surface area contributed by atoms with Gasteiger partial charge in [0.05, 0.1) is 17.1 Å². The third-order valence-corrected chi connectivity index (χ3v) is 2.32. The minimum Gasteiger partial charge on any atom is -0.239 e. The molecule has 4 heteroatoms. The highest BCUT2D eigenvalue weighted by atomic mass is 35.5. The number of nitrogens with zero attached hydrogens (tertiary/aromatic N) is 2. The first-order valence-corrected chi connectivity index (χ1v) is 4.97. The van der Waals surface area contributed by atoms with Gasteiger partial charge in [0.1, 0.15) is 6.33 Å². The molecule has 0 spiro atoms. The second-order valence-corrected chi connectivity index (χ2v) is 3.25. The Bertz CT molecular complexity index is 459. The van der Waals surface area contributed by atoms with Gasteiger partial charge in [0, 0.05) is 0 Å². The SMILES string of the molecule is Fc1ncnc(CCl)c1-c1ccccc1. The van der Waals surface area contributed by atoms with Crippen molar-refractivity contribution >= 4 is 11.6 Å². The lowest BCUT2D eigenvalue weighted by Gasteiger charge is -2.06. The Morgan fingerprint density at radius 2 is 1.87 bits per heavy atom. The van der Waals surface area contributed by atoms with Crippen LogP contribution in [0.1, 0.15) is 5.69 Å². The predicted molar refractivity (Wildman–Crippen MR) is 57.0 cm³/mol. The van der Waals surface area contributed by atoms with E-state index < -0.39 is 5.95 Å². The zero-order valence-electron chi connectivity index (χ0n) is 7.82. The summed E-state index contributed by atoms with van der Waals surface area (Å²) in [4.78, 5) is 7.48. The van der Waals surface area contributed by atoms with E-state index >= 15 is 0 Å². The topological polar surface area (TPSA) is 25.8 Å². The highest BCUT2D eigenvalue weighted by molar-refractivity contribution is 6.17. The van der Waals surface area contributed by atoms with Crippen LogP contribution in [-0.4, -0.2) is 9.97 Å². The molecule has 0 bridgehead atoms. The molecule has 1 aromatic heterocycles. The summed E-state index contributed by atoms with van der Waals surface area (Å²) in [7, 11) is 0. The van der Waals surface area contributed by atoms with E-state index in [2.05, 4.69) is 9.97 Å². The largest absolute Gasteiger partial charge is 0.239 e. The van der Waals surface area contributed by atoms with Crippen LogP contribution in [0, 0.1) is 5.95 Å². The van der Waals surface area contributed by atoms with Gasteiger partial charge in [-0.2, -0.15) is 4.39 Å². The Kier molecular flexibility index (Phi) is 2.92. The molecule has 0 aliphatic carbocycles. The van der Waals surface area contributed by atoms with E-state index in [9.17, 15) is 4.39 Å². The number of aromatic nitrogens is 2. The minimum absolute atomic E-state index is 0.170. The van der Waals surface area contributed by atoms with Crippen LogP contribution in [-0.2, 0) is 5.88 Å². The molecule has 0 aliphatic rings. The Morgan fingerprint density at radius 3 is 2.53 bits per heavy atom. The summed E-state index contributed by atoms with van der Waals surface area (Å²) in [5.41, 5.74) is 1.63. The maximum absolute atomic E-state index is 13.5. The molecular weight excluding hydrogens is 215 g/mol. The van der Waals surface area contributed by atoms with Crippen LogP contribution < -0.4 is 0 Å². The van der Waals surface area contributed by atoms with Crippen molar-refractivity contribution in [3.05, 3.63) is 48.3 Å². The van der Waals surface area contributed by atoms with Crippen LogP contribution in [0.4, 0.5) is 4.39 Å². The van der Waals surface area contributed by atoms with Crippen molar-refractivity contribution in [2.24, 2.45) is 0 Å².